The Kier molecular flexibility index (Phi) is 9.46. The molecule has 6 heteroatoms. The van der Waals surface area contributed by atoms with Crippen molar-refractivity contribution >= 4 is 41.3 Å². The van der Waals surface area contributed by atoms with Gasteiger partial charge in [-0.3, -0.25) is 9.89 Å². The molecule has 132 valence electrons. The highest BCUT2D eigenvalue weighted by atomic mass is 127. The predicted octanol–water partition coefficient (Wildman–Crippen LogP) is 3.32. The van der Waals surface area contributed by atoms with E-state index in [0.29, 0.717) is 6.04 Å². The molecule has 0 saturated heterocycles. The van der Waals surface area contributed by atoms with Crippen molar-refractivity contribution < 1.29 is 0 Å². The fraction of sp³-hybridized carbons (Fsp3) is 0.706. The average molecular weight is 450 g/mol. The van der Waals surface area contributed by atoms with Gasteiger partial charge in [-0.05, 0) is 42.7 Å². The summed E-state index contributed by atoms with van der Waals surface area (Å²) < 4.78 is 0. The standard InChI is InChI=1S/C17H30N4S.HI/c1-13(2)5-8-19-17(18-4)20-11-14(3)21-9-6-16-15(12-21)7-10-22-16;/h7,10,13-14H,5-6,8-9,11-12H2,1-4H3,(H2,18,19,20);1H. The first-order valence-corrected chi connectivity index (χ1v) is 9.22. The number of rotatable bonds is 6. The van der Waals surface area contributed by atoms with Gasteiger partial charge in [0.25, 0.3) is 0 Å². The van der Waals surface area contributed by atoms with Crippen LogP contribution in [0.15, 0.2) is 16.4 Å². The largest absolute Gasteiger partial charge is 0.356 e. The summed E-state index contributed by atoms with van der Waals surface area (Å²) in [6.45, 7) is 10.9. The van der Waals surface area contributed by atoms with Gasteiger partial charge >= 0.3 is 0 Å². The molecule has 0 saturated carbocycles. The van der Waals surface area contributed by atoms with Crippen molar-refractivity contribution in [2.24, 2.45) is 10.9 Å². The Hall–Kier alpha value is -0.340. The minimum absolute atomic E-state index is 0. The van der Waals surface area contributed by atoms with E-state index in [1.54, 1.807) is 4.88 Å². The van der Waals surface area contributed by atoms with Crippen LogP contribution in [-0.4, -0.2) is 43.6 Å². The highest BCUT2D eigenvalue weighted by molar-refractivity contribution is 14.0. The molecule has 1 aliphatic heterocycles. The minimum Gasteiger partial charge on any atom is -0.356 e. The molecule has 1 unspecified atom stereocenters. The average Bonchev–Trinajstić information content (AvgIpc) is 2.97. The van der Waals surface area contributed by atoms with E-state index in [9.17, 15) is 0 Å². The van der Waals surface area contributed by atoms with Crippen LogP contribution in [0, 0.1) is 5.92 Å². The zero-order chi connectivity index (χ0) is 15.9. The minimum atomic E-state index is 0. The summed E-state index contributed by atoms with van der Waals surface area (Å²) in [6, 6.07) is 2.79. The molecule has 4 nitrogen and oxygen atoms in total. The third-order valence-electron chi connectivity index (χ3n) is 4.26. The number of thiophene rings is 1. The number of nitrogens with one attached hydrogen (secondary N) is 2. The summed E-state index contributed by atoms with van der Waals surface area (Å²) in [5.74, 6) is 1.64. The van der Waals surface area contributed by atoms with E-state index in [1.807, 2.05) is 18.4 Å². The van der Waals surface area contributed by atoms with Crippen LogP contribution in [0.25, 0.3) is 0 Å². The number of fused-ring (bicyclic) bond motifs is 1. The summed E-state index contributed by atoms with van der Waals surface area (Å²) in [5.41, 5.74) is 1.52. The quantitative estimate of drug-likeness (QED) is 0.397. The molecule has 0 fully saturated rings. The van der Waals surface area contributed by atoms with Crippen molar-refractivity contribution in [2.75, 3.05) is 26.7 Å². The van der Waals surface area contributed by atoms with Crippen molar-refractivity contribution in [3.63, 3.8) is 0 Å². The van der Waals surface area contributed by atoms with Gasteiger partial charge in [-0.15, -0.1) is 35.3 Å². The van der Waals surface area contributed by atoms with Gasteiger partial charge in [-0.25, -0.2) is 0 Å². The summed E-state index contributed by atoms with van der Waals surface area (Å²) in [7, 11) is 1.84. The van der Waals surface area contributed by atoms with Gasteiger partial charge in [0.2, 0.25) is 0 Å². The van der Waals surface area contributed by atoms with Crippen LogP contribution < -0.4 is 10.6 Å². The summed E-state index contributed by atoms with van der Waals surface area (Å²) >= 11 is 1.90. The fourth-order valence-corrected chi connectivity index (χ4v) is 3.61. The Morgan fingerprint density at radius 3 is 2.83 bits per heavy atom. The van der Waals surface area contributed by atoms with Gasteiger partial charge in [-0.1, -0.05) is 13.8 Å². The van der Waals surface area contributed by atoms with E-state index in [4.69, 9.17) is 0 Å². The number of hydrogen-bond acceptors (Lipinski definition) is 3. The lowest BCUT2D eigenvalue weighted by molar-refractivity contribution is 0.192. The molecule has 1 aliphatic rings. The predicted molar refractivity (Wildman–Crippen MR) is 112 cm³/mol. The second kappa shape index (κ2) is 10.5. The lowest BCUT2D eigenvalue weighted by Crippen LogP contribution is -2.47. The van der Waals surface area contributed by atoms with Gasteiger partial charge in [0, 0.05) is 44.1 Å². The Morgan fingerprint density at radius 2 is 2.13 bits per heavy atom. The number of hydrogen-bond donors (Lipinski definition) is 2. The van der Waals surface area contributed by atoms with Gasteiger partial charge < -0.3 is 10.6 Å². The lowest BCUT2D eigenvalue weighted by Gasteiger charge is -2.32. The van der Waals surface area contributed by atoms with Crippen LogP contribution in [0.2, 0.25) is 0 Å². The lowest BCUT2D eigenvalue weighted by atomic mass is 10.1. The van der Waals surface area contributed by atoms with E-state index in [0.717, 1.165) is 38.1 Å². The Balaban J connectivity index is 0.00000264. The highest BCUT2D eigenvalue weighted by Crippen LogP contribution is 2.24. The molecule has 0 aliphatic carbocycles. The molecule has 1 aromatic rings. The SMILES string of the molecule is CN=C(NCCC(C)C)NCC(C)N1CCc2sccc2C1.I. The molecule has 1 atom stereocenters. The smallest absolute Gasteiger partial charge is 0.191 e. The van der Waals surface area contributed by atoms with Crippen molar-refractivity contribution in [2.45, 2.75) is 46.2 Å². The topological polar surface area (TPSA) is 39.7 Å². The molecule has 0 amide bonds. The summed E-state index contributed by atoms with van der Waals surface area (Å²) in [5, 5.41) is 9.07. The van der Waals surface area contributed by atoms with Crippen molar-refractivity contribution in [3.05, 3.63) is 21.9 Å². The van der Waals surface area contributed by atoms with Crippen LogP contribution in [-0.2, 0) is 13.0 Å². The van der Waals surface area contributed by atoms with Crippen molar-refractivity contribution in [3.8, 4) is 0 Å². The zero-order valence-corrected chi connectivity index (χ0v) is 17.9. The molecule has 0 radical (unpaired) electrons. The number of aliphatic imine (C=N–C) groups is 1. The zero-order valence-electron chi connectivity index (χ0n) is 14.8. The summed E-state index contributed by atoms with van der Waals surface area (Å²) in [4.78, 5) is 8.44. The van der Waals surface area contributed by atoms with Crippen LogP contribution in [0.4, 0.5) is 0 Å². The van der Waals surface area contributed by atoms with Crippen LogP contribution >= 0.6 is 35.3 Å². The van der Waals surface area contributed by atoms with Gasteiger partial charge in [0.1, 0.15) is 0 Å². The Bertz CT molecular complexity index is 487. The maximum Gasteiger partial charge on any atom is 0.191 e. The van der Waals surface area contributed by atoms with Gasteiger partial charge in [0.05, 0.1) is 0 Å². The third-order valence-corrected chi connectivity index (χ3v) is 5.29. The molecule has 0 spiro atoms. The molecule has 23 heavy (non-hydrogen) atoms. The molecule has 0 bridgehead atoms. The molecular formula is C17H31IN4S. The molecular weight excluding hydrogens is 419 g/mol. The number of guanidine groups is 1. The van der Waals surface area contributed by atoms with Gasteiger partial charge in [0.15, 0.2) is 5.96 Å². The molecule has 1 aromatic heterocycles. The van der Waals surface area contributed by atoms with Crippen molar-refractivity contribution in [1.82, 2.24) is 15.5 Å². The molecule has 2 rings (SSSR count). The molecule has 2 heterocycles. The number of halogens is 1. The maximum atomic E-state index is 4.31. The van der Waals surface area contributed by atoms with Crippen LogP contribution in [0.1, 0.15) is 37.6 Å². The van der Waals surface area contributed by atoms with Crippen LogP contribution in [0.5, 0.6) is 0 Å². The monoisotopic (exact) mass is 450 g/mol. The maximum absolute atomic E-state index is 4.31. The Labute approximate surface area is 162 Å². The van der Waals surface area contributed by atoms with Crippen molar-refractivity contribution in [1.29, 1.82) is 0 Å². The van der Waals surface area contributed by atoms with E-state index >= 15 is 0 Å². The first-order valence-electron chi connectivity index (χ1n) is 8.34. The first-order chi connectivity index (χ1) is 10.6. The molecule has 0 aromatic carbocycles. The second-order valence-corrected chi connectivity index (χ2v) is 7.50. The fourth-order valence-electron chi connectivity index (χ4n) is 2.72. The van der Waals surface area contributed by atoms with Gasteiger partial charge in [-0.2, -0.15) is 0 Å². The second-order valence-electron chi connectivity index (χ2n) is 6.50. The van der Waals surface area contributed by atoms with E-state index < -0.39 is 0 Å². The van der Waals surface area contributed by atoms with E-state index in [-0.39, 0.29) is 24.0 Å². The first kappa shape index (κ1) is 20.7. The van der Waals surface area contributed by atoms with E-state index in [1.165, 1.54) is 18.4 Å². The highest BCUT2D eigenvalue weighted by Gasteiger charge is 2.21. The molecule has 2 N–H and O–H groups in total. The van der Waals surface area contributed by atoms with E-state index in [2.05, 4.69) is 52.7 Å². The summed E-state index contributed by atoms with van der Waals surface area (Å²) in [6.07, 6.45) is 2.36. The third kappa shape index (κ3) is 6.58. The van der Waals surface area contributed by atoms with Crippen LogP contribution in [0.3, 0.4) is 0 Å². The number of nitrogens with zero attached hydrogens (tertiary/aromatic N) is 2. The normalized spacial score (nSPS) is 16.7. The Morgan fingerprint density at radius 1 is 1.35 bits per heavy atom.